The first kappa shape index (κ1) is 16.5. The molecule has 0 N–H and O–H groups in total. The van der Waals surface area contributed by atoms with Crippen molar-refractivity contribution in [1.82, 2.24) is 33.8 Å². The van der Waals surface area contributed by atoms with Crippen LogP contribution in [0.5, 0.6) is 0 Å². The van der Waals surface area contributed by atoms with Gasteiger partial charge >= 0.3 is 5.69 Å². The Bertz CT molecular complexity index is 983. The maximum Gasteiger partial charge on any atom is 0.345 e. The van der Waals surface area contributed by atoms with Crippen molar-refractivity contribution in [3.05, 3.63) is 46.5 Å². The minimum atomic E-state index is -0.114. The van der Waals surface area contributed by atoms with Crippen LogP contribution in [0.25, 0.3) is 5.65 Å². The molecular formula is C17H21N7O2. The van der Waals surface area contributed by atoms with Gasteiger partial charge in [0.25, 0.3) is 5.91 Å². The summed E-state index contributed by atoms with van der Waals surface area (Å²) in [5.41, 5.74) is 0.921. The van der Waals surface area contributed by atoms with Crippen LogP contribution in [0.3, 0.4) is 0 Å². The molecule has 0 spiro atoms. The lowest BCUT2D eigenvalue weighted by Crippen LogP contribution is -2.40. The van der Waals surface area contributed by atoms with Crippen LogP contribution in [0.4, 0.5) is 0 Å². The summed E-state index contributed by atoms with van der Waals surface area (Å²) in [5, 5.41) is 8.73. The number of aryl methyl sites for hydroxylation is 1. The van der Waals surface area contributed by atoms with Crippen molar-refractivity contribution < 1.29 is 4.79 Å². The Morgan fingerprint density at radius 2 is 2.19 bits per heavy atom. The number of nitrogens with zero attached hydrogens (tertiary/aromatic N) is 7. The first-order chi connectivity index (χ1) is 12.6. The highest BCUT2D eigenvalue weighted by Gasteiger charge is 2.30. The number of carbonyl (C=O) groups excluding carboxylic acids is 1. The first-order valence-corrected chi connectivity index (χ1v) is 8.82. The number of hydrogen-bond acceptors (Lipinski definition) is 5. The summed E-state index contributed by atoms with van der Waals surface area (Å²) >= 11 is 0. The van der Waals surface area contributed by atoms with Crippen LogP contribution < -0.4 is 5.69 Å². The van der Waals surface area contributed by atoms with Crippen LogP contribution in [0.15, 0.2) is 29.3 Å². The number of aromatic nitrogens is 6. The molecule has 9 nitrogen and oxygen atoms in total. The molecule has 136 valence electrons. The van der Waals surface area contributed by atoms with E-state index < -0.39 is 0 Å². The normalized spacial score (nSPS) is 17.8. The molecule has 0 radical (unpaired) electrons. The largest absolute Gasteiger partial charge is 0.345 e. The molecule has 1 aliphatic heterocycles. The second kappa shape index (κ2) is 6.40. The SMILES string of the molecule is CCn1c(C2CCCN(C(=O)c3cc4ncccn4n3)C2)nn(C)c1=O. The smallest absolute Gasteiger partial charge is 0.337 e. The van der Waals surface area contributed by atoms with Gasteiger partial charge in [-0.1, -0.05) is 0 Å². The average Bonchev–Trinajstić information content (AvgIpc) is 3.22. The van der Waals surface area contributed by atoms with Gasteiger partial charge in [-0.25, -0.2) is 19.0 Å². The fourth-order valence-corrected chi connectivity index (χ4v) is 3.59. The Kier molecular flexibility index (Phi) is 4.06. The molecule has 0 saturated carbocycles. The monoisotopic (exact) mass is 355 g/mol. The molecule has 0 bridgehead atoms. The van der Waals surface area contributed by atoms with E-state index in [9.17, 15) is 9.59 Å². The van der Waals surface area contributed by atoms with Gasteiger partial charge in [0.2, 0.25) is 0 Å². The van der Waals surface area contributed by atoms with E-state index in [1.165, 1.54) is 4.68 Å². The lowest BCUT2D eigenvalue weighted by Gasteiger charge is -2.31. The third-order valence-electron chi connectivity index (χ3n) is 4.88. The van der Waals surface area contributed by atoms with Gasteiger partial charge in [0, 0.05) is 51.1 Å². The summed E-state index contributed by atoms with van der Waals surface area (Å²) in [7, 11) is 1.66. The van der Waals surface area contributed by atoms with Crippen molar-refractivity contribution in [2.24, 2.45) is 7.05 Å². The molecule has 1 saturated heterocycles. The standard InChI is InChI=1S/C17H21N7O2/c1-3-23-15(20-21(2)17(23)26)12-6-4-8-22(11-12)16(25)13-10-14-18-7-5-9-24(14)19-13/h5,7,9-10,12H,3-4,6,8,11H2,1-2H3. The Balaban J connectivity index is 1.59. The summed E-state index contributed by atoms with van der Waals surface area (Å²) < 4.78 is 4.66. The van der Waals surface area contributed by atoms with E-state index in [1.807, 2.05) is 6.92 Å². The molecule has 4 rings (SSSR count). The van der Waals surface area contributed by atoms with Gasteiger partial charge in [0.05, 0.1) is 0 Å². The Morgan fingerprint density at radius 3 is 2.96 bits per heavy atom. The van der Waals surface area contributed by atoms with E-state index in [0.717, 1.165) is 18.7 Å². The van der Waals surface area contributed by atoms with E-state index in [4.69, 9.17) is 0 Å². The second-order valence-electron chi connectivity index (χ2n) is 6.55. The molecule has 0 aliphatic carbocycles. The molecule has 1 unspecified atom stereocenters. The summed E-state index contributed by atoms with van der Waals surface area (Å²) in [4.78, 5) is 31.1. The third kappa shape index (κ3) is 2.69. The lowest BCUT2D eigenvalue weighted by molar-refractivity contribution is 0.0696. The van der Waals surface area contributed by atoms with Crippen LogP contribution in [0.2, 0.25) is 0 Å². The topological polar surface area (TPSA) is 90.3 Å². The molecule has 1 amide bonds. The minimum Gasteiger partial charge on any atom is -0.337 e. The van der Waals surface area contributed by atoms with Crippen LogP contribution in [0.1, 0.15) is 42.0 Å². The Labute approximate surface area is 149 Å². The van der Waals surface area contributed by atoms with Crippen molar-refractivity contribution in [2.75, 3.05) is 13.1 Å². The maximum atomic E-state index is 12.9. The fourth-order valence-electron chi connectivity index (χ4n) is 3.59. The second-order valence-corrected chi connectivity index (χ2v) is 6.55. The number of fused-ring (bicyclic) bond motifs is 1. The van der Waals surface area contributed by atoms with Crippen LogP contribution in [-0.2, 0) is 13.6 Å². The van der Waals surface area contributed by atoms with Gasteiger partial charge in [-0.05, 0) is 25.8 Å². The summed E-state index contributed by atoms with van der Waals surface area (Å²) in [6.45, 7) is 3.73. The number of piperidine rings is 1. The van der Waals surface area contributed by atoms with E-state index in [-0.39, 0.29) is 17.5 Å². The molecule has 1 atom stereocenters. The van der Waals surface area contributed by atoms with Gasteiger partial charge in [-0.15, -0.1) is 0 Å². The molecule has 4 heterocycles. The van der Waals surface area contributed by atoms with Crippen LogP contribution in [0, 0.1) is 0 Å². The summed E-state index contributed by atoms with van der Waals surface area (Å²) in [6.07, 6.45) is 5.22. The molecular weight excluding hydrogens is 334 g/mol. The van der Waals surface area contributed by atoms with E-state index in [2.05, 4.69) is 15.2 Å². The number of amides is 1. The predicted octanol–water partition coefficient (Wildman–Crippen LogP) is 0.664. The van der Waals surface area contributed by atoms with Gasteiger partial charge in [-0.2, -0.15) is 10.2 Å². The number of rotatable bonds is 3. The molecule has 9 heteroatoms. The van der Waals surface area contributed by atoms with Crippen molar-refractivity contribution in [2.45, 2.75) is 32.2 Å². The zero-order chi connectivity index (χ0) is 18.3. The van der Waals surface area contributed by atoms with Gasteiger partial charge in [0.1, 0.15) is 5.82 Å². The third-order valence-corrected chi connectivity index (χ3v) is 4.88. The zero-order valence-corrected chi connectivity index (χ0v) is 14.9. The van der Waals surface area contributed by atoms with Crippen LogP contribution >= 0.6 is 0 Å². The van der Waals surface area contributed by atoms with E-state index in [1.54, 1.807) is 45.6 Å². The molecule has 3 aromatic heterocycles. The van der Waals surface area contributed by atoms with E-state index in [0.29, 0.717) is 31.0 Å². The predicted molar refractivity (Wildman–Crippen MR) is 94.0 cm³/mol. The van der Waals surface area contributed by atoms with Gasteiger partial charge in [0.15, 0.2) is 11.3 Å². The highest BCUT2D eigenvalue weighted by Crippen LogP contribution is 2.26. The van der Waals surface area contributed by atoms with E-state index >= 15 is 0 Å². The highest BCUT2D eigenvalue weighted by molar-refractivity contribution is 5.93. The highest BCUT2D eigenvalue weighted by atomic mass is 16.2. The van der Waals surface area contributed by atoms with Crippen molar-refractivity contribution in [3.63, 3.8) is 0 Å². The fraction of sp³-hybridized carbons (Fsp3) is 0.471. The number of carbonyl (C=O) groups is 1. The summed E-state index contributed by atoms with van der Waals surface area (Å²) in [6, 6.07) is 3.48. The number of likely N-dealkylation sites (tertiary alicyclic amines) is 1. The minimum absolute atomic E-state index is 0.0525. The first-order valence-electron chi connectivity index (χ1n) is 8.82. The van der Waals surface area contributed by atoms with Crippen molar-refractivity contribution in [1.29, 1.82) is 0 Å². The van der Waals surface area contributed by atoms with Gasteiger partial charge in [-0.3, -0.25) is 9.36 Å². The van der Waals surface area contributed by atoms with Crippen LogP contribution in [-0.4, -0.2) is 52.8 Å². The quantitative estimate of drug-likeness (QED) is 0.689. The molecule has 3 aromatic rings. The zero-order valence-electron chi connectivity index (χ0n) is 14.9. The Morgan fingerprint density at radius 1 is 1.35 bits per heavy atom. The number of hydrogen-bond donors (Lipinski definition) is 0. The maximum absolute atomic E-state index is 12.9. The van der Waals surface area contributed by atoms with Gasteiger partial charge < -0.3 is 4.90 Å². The lowest BCUT2D eigenvalue weighted by atomic mass is 9.97. The summed E-state index contributed by atoms with van der Waals surface area (Å²) in [5.74, 6) is 0.701. The average molecular weight is 355 g/mol. The van der Waals surface area contributed by atoms with Crippen molar-refractivity contribution in [3.8, 4) is 0 Å². The molecule has 1 aliphatic rings. The van der Waals surface area contributed by atoms with Crippen molar-refractivity contribution >= 4 is 11.6 Å². The Hall–Kier alpha value is -2.97. The molecule has 26 heavy (non-hydrogen) atoms. The molecule has 1 fully saturated rings. The molecule has 0 aromatic carbocycles.